The van der Waals surface area contributed by atoms with E-state index >= 15 is 0 Å². The normalized spacial score (nSPS) is 23.6. The zero-order chi connectivity index (χ0) is 17.1. The van der Waals surface area contributed by atoms with E-state index in [1.807, 2.05) is 36.2 Å². The Morgan fingerprint density at radius 1 is 1.12 bits per heavy atom. The Morgan fingerprint density at radius 2 is 1.75 bits per heavy atom. The molecule has 0 aliphatic heterocycles. The van der Waals surface area contributed by atoms with Gasteiger partial charge in [0.15, 0.2) is 0 Å². The topological polar surface area (TPSA) is 49.4 Å². The lowest BCUT2D eigenvalue weighted by molar-refractivity contribution is -0.117. The van der Waals surface area contributed by atoms with Crippen LogP contribution in [-0.2, 0) is 4.79 Å². The summed E-state index contributed by atoms with van der Waals surface area (Å²) >= 11 is 0. The first-order valence-electron chi connectivity index (χ1n) is 9.21. The van der Waals surface area contributed by atoms with Gasteiger partial charge in [-0.25, -0.2) is 0 Å². The Hall–Kier alpha value is -1.84. The van der Waals surface area contributed by atoms with E-state index in [1.54, 1.807) is 0 Å². The van der Waals surface area contributed by atoms with Crippen LogP contribution >= 0.6 is 0 Å². The first kappa shape index (κ1) is 17.0. The fourth-order valence-corrected chi connectivity index (χ4v) is 3.68. The average molecular weight is 328 g/mol. The van der Waals surface area contributed by atoms with E-state index in [2.05, 4.69) is 12.2 Å². The molecule has 2 amide bonds. The molecule has 2 saturated carbocycles. The van der Waals surface area contributed by atoms with E-state index in [4.69, 9.17) is 0 Å². The summed E-state index contributed by atoms with van der Waals surface area (Å²) in [5, 5.41) is 2.93. The third kappa shape index (κ3) is 4.16. The summed E-state index contributed by atoms with van der Waals surface area (Å²) in [6.45, 7) is 2.94. The van der Waals surface area contributed by atoms with Crippen LogP contribution in [0.15, 0.2) is 24.3 Å². The van der Waals surface area contributed by atoms with Crippen molar-refractivity contribution in [1.82, 2.24) is 4.90 Å². The molecule has 0 bridgehead atoms. The van der Waals surface area contributed by atoms with Crippen LogP contribution in [0.5, 0.6) is 0 Å². The van der Waals surface area contributed by atoms with Gasteiger partial charge in [0.25, 0.3) is 5.91 Å². The van der Waals surface area contributed by atoms with E-state index in [-0.39, 0.29) is 17.7 Å². The first-order chi connectivity index (χ1) is 11.5. The number of carbonyl (C=O) groups excluding carboxylic acids is 2. The van der Waals surface area contributed by atoms with Crippen LogP contribution in [0.1, 0.15) is 55.8 Å². The fourth-order valence-electron chi connectivity index (χ4n) is 3.68. The van der Waals surface area contributed by atoms with E-state index in [1.165, 1.54) is 32.1 Å². The Morgan fingerprint density at radius 3 is 2.33 bits per heavy atom. The van der Waals surface area contributed by atoms with Gasteiger partial charge in [0.1, 0.15) is 0 Å². The molecule has 0 heterocycles. The highest BCUT2D eigenvalue weighted by Crippen LogP contribution is 2.38. The van der Waals surface area contributed by atoms with Crippen molar-refractivity contribution in [2.45, 2.75) is 45.4 Å². The minimum absolute atomic E-state index is 0.0641. The molecular formula is C20H28N2O2. The smallest absolute Gasteiger partial charge is 0.253 e. The van der Waals surface area contributed by atoms with Crippen molar-refractivity contribution in [3.63, 3.8) is 0 Å². The Labute approximate surface area is 144 Å². The molecule has 1 aromatic carbocycles. The summed E-state index contributed by atoms with van der Waals surface area (Å²) in [5.74, 6) is 1.46. The summed E-state index contributed by atoms with van der Waals surface area (Å²) in [6, 6.07) is 7.27. The highest BCUT2D eigenvalue weighted by Gasteiger charge is 2.39. The SMILES string of the molecule is CC1CC1C(=O)Nc1ccc(C(=O)N(C)CC2CCCCC2)cc1. The summed E-state index contributed by atoms with van der Waals surface area (Å²) in [4.78, 5) is 26.3. The van der Waals surface area contributed by atoms with E-state index < -0.39 is 0 Å². The lowest BCUT2D eigenvalue weighted by Gasteiger charge is -2.27. The number of benzene rings is 1. The highest BCUT2D eigenvalue weighted by molar-refractivity contribution is 5.96. The van der Waals surface area contributed by atoms with Crippen molar-refractivity contribution in [3.8, 4) is 0 Å². The van der Waals surface area contributed by atoms with E-state index in [9.17, 15) is 9.59 Å². The van der Waals surface area contributed by atoms with Gasteiger partial charge in [0.2, 0.25) is 5.91 Å². The van der Waals surface area contributed by atoms with Crippen LogP contribution in [0.3, 0.4) is 0 Å². The molecule has 0 saturated heterocycles. The zero-order valence-electron chi connectivity index (χ0n) is 14.8. The molecule has 24 heavy (non-hydrogen) atoms. The van der Waals surface area contributed by atoms with Crippen LogP contribution in [0.25, 0.3) is 0 Å². The number of hydrogen-bond donors (Lipinski definition) is 1. The molecule has 2 fully saturated rings. The Bertz CT molecular complexity index is 590. The molecule has 4 nitrogen and oxygen atoms in total. The second-order valence-electron chi connectivity index (χ2n) is 7.58. The molecule has 1 N–H and O–H groups in total. The van der Waals surface area contributed by atoms with Gasteiger partial charge in [0, 0.05) is 30.8 Å². The van der Waals surface area contributed by atoms with Gasteiger partial charge in [-0.05, 0) is 55.4 Å². The van der Waals surface area contributed by atoms with Crippen molar-refractivity contribution < 1.29 is 9.59 Å². The monoisotopic (exact) mass is 328 g/mol. The summed E-state index contributed by atoms with van der Waals surface area (Å²) < 4.78 is 0. The Kier molecular flexibility index (Phi) is 5.22. The summed E-state index contributed by atoms with van der Waals surface area (Å²) in [6.07, 6.45) is 7.38. The highest BCUT2D eigenvalue weighted by atomic mass is 16.2. The van der Waals surface area contributed by atoms with Gasteiger partial charge >= 0.3 is 0 Å². The molecule has 130 valence electrons. The van der Waals surface area contributed by atoms with Gasteiger partial charge < -0.3 is 10.2 Å². The molecule has 2 atom stereocenters. The number of rotatable bonds is 5. The van der Waals surface area contributed by atoms with Crippen LogP contribution in [0.4, 0.5) is 5.69 Å². The predicted octanol–water partition coefficient (Wildman–Crippen LogP) is 3.93. The standard InChI is InChI=1S/C20H28N2O2/c1-14-12-18(14)19(23)21-17-10-8-16(9-11-17)20(24)22(2)13-15-6-4-3-5-7-15/h8-11,14-15,18H,3-7,12-13H2,1-2H3,(H,21,23). The molecule has 0 spiro atoms. The Balaban J connectivity index is 1.53. The van der Waals surface area contributed by atoms with E-state index in [0.717, 1.165) is 18.7 Å². The number of hydrogen-bond acceptors (Lipinski definition) is 2. The average Bonchev–Trinajstić information content (AvgIpc) is 3.33. The number of nitrogens with one attached hydrogen (secondary N) is 1. The van der Waals surface area contributed by atoms with Crippen LogP contribution in [-0.4, -0.2) is 30.3 Å². The molecule has 0 aromatic heterocycles. The van der Waals surface area contributed by atoms with Crippen molar-refractivity contribution in [3.05, 3.63) is 29.8 Å². The van der Waals surface area contributed by atoms with Gasteiger partial charge in [-0.3, -0.25) is 9.59 Å². The van der Waals surface area contributed by atoms with Crippen LogP contribution in [0.2, 0.25) is 0 Å². The molecule has 2 aliphatic rings. The molecule has 0 radical (unpaired) electrons. The third-order valence-corrected chi connectivity index (χ3v) is 5.45. The lowest BCUT2D eigenvalue weighted by Crippen LogP contribution is -2.32. The maximum Gasteiger partial charge on any atom is 0.253 e. The quantitative estimate of drug-likeness (QED) is 0.890. The maximum absolute atomic E-state index is 12.6. The zero-order valence-corrected chi connectivity index (χ0v) is 14.8. The molecule has 4 heteroatoms. The van der Waals surface area contributed by atoms with Gasteiger partial charge in [-0.15, -0.1) is 0 Å². The maximum atomic E-state index is 12.6. The van der Waals surface area contributed by atoms with E-state index in [0.29, 0.717) is 17.4 Å². The number of carbonyl (C=O) groups is 2. The first-order valence-corrected chi connectivity index (χ1v) is 9.21. The third-order valence-electron chi connectivity index (χ3n) is 5.45. The summed E-state index contributed by atoms with van der Waals surface area (Å²) in [7, 11) is 1.89. The molecule has 1 aromatic rings. The minimum atomic E-state index is 0.0641. The largest absolute Gasteiger partial charge is 0.341 e. The van der Waals surface area contributed by atoms with Gasteiger partial charge in [0.05, 0.1) is 0 Å². The fraction of sp³-hybridized carbons (Fsp3) is 0.600. The number of anilines is 1. The molecule has 2 aliphatic carbocycles. The van der Waals surface area contributed by atoms with Crippen molar-refractivity contribution >= 4 is 17.5 Å². The second-order valence-corrected chi connectivity index (χ2v) is 7.58. The van der Waals surface area contributed by atoms with Crippen molar-refractivity contribution in [2.75, 3.05) is 18.9 Å². The van der Waals surface area contributed by atoms with Gasteiger partial charge in [-0.2, -0.15) is 0 Å². The molecular weight excluding hydrogens is 300 g/mol. The van der Waals surface area contributed by atoms with Gasteiger partial charge in [-0.1, -0.05) is 26.2 Å². The molecule has 3 rings (SSSR count). The number of nitrogens with zero attached hydrogens (tertiary/aromatic N) is 1. The summed E-state index contributed by atoms with van der Waals surface area (Å²) in [5.41, 5.74) is 1.46. The van der Waals surface area contributed by atoms with Crippen LogP contribution < -0.4 is 5.32 Å². The second kappa shape index (κ2) is 7.37. The van der Waals surface area contributed by atoms with Crippen molar-refractivity contribution in [2.24, 2.45) is 17.8 Å². The molecule has 2 unspecified atom stereocenters. The number of amides is 2. The van der Waals surface area contributed by atoms with Crippen molar-refractivity contribution in [1.29, 1.82) is 0 Å². The lowest BCUT2D eigenvalue weighted by atomic mass is 9.89. The minimum Gasteiger partial charge on any atom is -0.341 e. The predicted molar refractivity (Wildman–Crippen MR) is 95.9 cm³/mol. The van der Waals surface area contributed by atoms with Crippen LogP contribution in [0, 0.1) is 17.8 Å².